The van der Waals surface area contributed by atoms with Crippen molar-refractivity contribution in [3.8, 4) is 0 Å². The highest BCUT2D eigenvalue weighted by atomic mass is 16.5. The molecular weight excluding hydrogens is 302 g/mol. The number of rotatable bonds is 10. The van der Waals surface area contributed by atoms with Crippen LogP contribution in [0.5, 0.6) is 0 Å². The quantitative estimate of drug-likeness (QED) is 0.613. The molecule has 1 rings (SSSR count). The molecule has 0 aliphatic heterocycles. The SMILES string of the molecule is COC(=O)CCN(CCC(C)C)C(=O)CCCc1ccc(C)cc1. The topological polar surface area (TPSA) is 46.6 Å². The zero-order chi connectivity index (χ0) is 17.9. The largest absolute Gasteiger partial charge is 0.469 e. The number of aryl methyl sites for hydroxylation is 2. The molecule has 0 heterocycles. The molecule has 0 unspecified atom stereocenters. The second-order valence-corrected chi connectivity index (χ2v) is 6.73. The van der Waals surface area contributed by atoms with Crippen LogP contribution in [0, 0.1) is 12.8 Å². The van der Waals surface area contributed by atoms with Gasteiger partial charge in [-0.2, -0.15) is 0 Å². The number of carbonyl (C=O) groups is 2. The first kappa shape index (κ1) is 20.2. The van der Waals surface area contributed by atoms with Gasteiger partial charge in [-0.15, -0.1) is 0 Å². The third-order valence-electron chi connectivity index (χ3n) is 4.12. The lowest BCUT2D eigenvalue weighted by atomic mass is 10.1. The van der Waals surface area contributed by atoms with Crippen molar-refractivity contribution < 1.29 is 14.3 Å². The highest BCUT2D eigenvalue weighted by molar-refractivity contribution is 5.77. The Morgan fingerprint density at radius 2 is 1.75 bits per heavy atom. The average Bonchev–Trinajstić information content (AvgIpc) is 2.56. The molecule has 0 aliphatic carbocycles. The zero-order valence-corrected chi connectivity index (χ0v) is 15.5. The van der Waals surface area contributed by atoms with E-state index in [4.69, 9.17) is 0 Å². The minimum atomic E-state index is -0.267. The maximum atomic E-state index is 12.5. The number of benzene rings is 1. The molecule has 1 aromatic carbocycles. The average molecular weight is 333 g/mol. The molecule has 0 saturated heterocycles. The molecule has 0 N–H and O–H groups in total. The predicted octanol–water partition coefficient (Wildman–Crippen LogP) is 3.76. The first-order valence-electron chi connectivity index (χ1n) is 8.82. The molecule has 1 aromatic rings. The van der Waals surface area contributed by atoms with Crippen LogP contribution >= 0.6 is 0 Å². The predicted molar refractivity (Wildman–Crippen MR) is 96.8 cm³/mol. The Morgan fingerprint density at radius 3 is 2.33 bits per heavy atom. The van der Waals surface area contributed by atoms with Crippen LogP contribution in [-0.2, 0) is 20.7 Å². The number of carbonyl (C=O) groups excluding carboxylic acids is 2. The summed E-state index contributed by atoms with van der Waals surface area (Å²) in [4.78, 5) is 25.6. The fourth-order valence-electron chi connectivity index (χ4n) is 2.46. The summed E-state index contributed by atoms with van der Waals surface area (Å²) < 4.78 is 4.68. The van der Waals surface area contributed by atoms with Gasteiger partial charge in [-0.1, -0.05) is 43.7 Å². The molecule has 0 saturated carbocycles. The van der Waals surface area contributed by atoms with Gasteiger partial charge in [0.1, 0.15) is 0 Å². The summed E-state index contributed by atoms with van der Waals surface area (Å²) in [7, 11) is 1.38. The highest BCUT2D eigenvalue weighted by Gasteiger charge is 2.15. The van der Waals surface area contributed by atoms with Gasteiger partial charge >= 0.3 is 5.97 Å². The second-order valence-electron chi connectivity index (χ2n) is 6.73. The first-order chi connectivity index (χ1) is 11.4. The van der Waals surface area contributed by atoms with Gasteiger partial charge in [0.25, 0.3) is 0 Å². The number of hydrogen-bond donors (Lipinski definition) is 0. The number of amides is 1. The molecule has 4 nitrogen and oxygen atoms in total. The Labute approximate surface area is 146 Å². The van der Waals surface area contributed by atoms with Crippen molar-refractivity contribution in [3.63, 3.8) is 0 Å². The summed E-state index contributed by atoms with van der Waals surface area (Å²) in [6, 6.07) is 8.44. The maximum absolute atomic E-state index is 12.5. The highest BCUT2D eigenvalue weighted by Crippen LogP contribution is 2.10. The summed E-state index contributed by atoms with van der Waals surface area (Å²) in [5, 5.41) is 0. The lowest BCUT2D eigenvalue weighted by Gasteiger charge is -2.23. The number of esters is 1. The van der Waals surface area contributed by atoms with Crippen molar-refractivity contribution in [2.75, 3.05) is 20.2 Å². The van der Waals surface area contributed by atoms with E-state index in [1.54, 1.807) is 0 Å². The van der Waals surface area contributed by atoms with E-state index in [1.807, 2.05) is 4.90 Å². The normalized spacial score (nSPS) is 10.7. The van der Waals surface area contributed by atoms with Gasteiger partial charge in [-0.05, 0) is 37.7 Å². The minimum absolute atomic E-state index is 0.131. The molecule has 4 heteroatoms. The van der Waals surface area contributed by atoms with Crippen molar-refractivity contribution in [3.05, 3.63) is 35.4 Å². The van der Waals surface area contributed by atoms with Crippen LogP contribution < -0.4 is 0 Å². The first-order valence-corrected chi connectivity index (χ1v) is 8.82. The molecule has 0 spiro atoms. The summed E-state index contributed by atoms with van der Waals surface area (Å²) in [6.07, 6.45) is 3.47. The molecule has 1 amide bonds. The number of nitrogens with zero attached hydrogens (tertiary/aromatic N) is 1. The fraction of sp³-hybridized carbons (Fsp3) is 0.600. The number of ether oxygens (including phenoxy) is 1. The molecule has 0 aromatic heterocycles. The van der Waals surface area contributed by atoms with Crippen molar-refractivity contribution in [2.24, 2.45) is 5.92 Å². The smallest absolute Gasteiger partial charge is 0.307 e. The van der Waals surface area contributed by atoms with Crippen LogP contribution in [0.2, 0.25) is 0 Å². The van der Waals surface area contributed by atoms with E-state index >= 15 is 0 Å². The Morgan fingerprint density at radius 1 is 1.08 bits per heavy atom. The van der Waals surface area contributed by atoms with Gasteiger partial charge in [0.15, 0.2) is 0 Å². The van der Waals surface area contributed by atoms with Gasteiger partial charge in [0.05, 0.1) is 13.5 Å². The van der Waals surface area contributed by atoms with E-state index in [2.05, 4.69) is 49.8 Å². The number of methoxy groups -OCH3 is 1. The lowest BCUT2D eigenvalue weighted by molar-refractivity contribution is -0.141. The lowest BCUT2D eigenvalue weighted by Crippen LogP contribution is -2.34. The Bertz CT molecular complexity index is 508. The maximum Gasteiger partial charge on any atom is 0.307 e. The van der Waals surface area contributed by atoms with Crippen LogP contribution in [0.15, 0.2) is 24.3 Å². The molecule has 0 radical (unpaired) electrons. The van der Waals surface area contributed by atoms with Crippen LogP contribution in [0.1, 0.15) is 50.7 Å². The molecule has 0 aliphatic rings. The van der Waals surface area contributed by atoms with Gasteiger partial charge in [-0.3, -0.25) is 9.59 Å². The van der Waals surface area contributed by atoms with Crippen LogP contribution in [0.3, 0.4) is 0 Å². The van der Waals surface area contributed by atoms with E-state index < -0.39 is 0 Å². The van der Waals surface area contributed by atoms with Crippen molar-refractivity contribution >= 4 is 11.9 Å². The van der Waals surface area contributed by atoms with Crippen LogP contribution in [0.4, 0.5) is 0 Å². The fourth-order valence-corrected chi connectivity index (χ4v) is 2.46. The Balaban J connectivity index is 2.46. The molecule has 0 fully saturated rings. The summed E-state index contributed by atoms with van der Waals surface area (Å²) in [5.41, 5.74) is 2.51. The van der Waals surface area contributed by atoms with E-state index in [0.29, 0.717) is 25.4 Å². The van der Waals surface area contributed by atoms with E-state index in [9.17, 15) is 9.59 Å². The van der Waals surface area contributed by atoms with Crippen LogP contribution in [0.25, 0.3) is 0 Å². The molecular formula is C20H31NO3. The standard InChI is InChI=1S/C20H31NO3/c1-16(2)12-14-21(15-13-20(23)24-4)19(22)7-5-6-18-10-8-17(3)9-11-18/h8-11,16H,5-7,12-15H2,1-4H3. The Kier molecular flexibility index (Phi) is 9.13. The second kappa shape index (κ2) is 10.8. The zero-order valence-electron chi connectivity index (χ0n) is 15.5. The molecule has 134 valence electrons. The van der Waals surface area contributed by atoms with Crippen molar-refractivity contribution in [1.82, 2.24) is 4.90 Å². The number of hydrogen-bond acceptors (Lipinski definition) is 3. The molecule has 0 bridgehead atoms. The van der Waals surface area contributed by atoms with Gasteiger partial charge < -0.3 is 9.64 Å². The molecule has 24 heavy (non-hydrogen) atoms. The van der Waals surface area contributed by atoms with Crippen molar-refractivity contribution in [1.29, 1.82) is 0 Å². The summed E-state index contributed by atoms with van der Waals surface area (Å²) >= 11 is 0. The minimum Gasteiger partial charge on any atom is -0.469 e. The van der Waals surface area contributed by atoms with Gasteiger partial charge in [0, 0.05) is 19.5 Å². The van der Waals surface area contributed by atoms with E-state index in [0.717, 1.165) is 19.3 Å². The van der Waals surface area contributed by atoms with Gasteiger partial charge in [0.2, 0.25) is 5.91 Å². The summed E-state index contributed by atoms with van der Waals surface area (Å²) in [5.74, 6) is 0.398. The third kappa shape index (κ3) is 8.14. The monoisotopic (exact) mass is 333 g/mol. The van der Waals surface area contributed by atoms with E-state index in [1.165, 1.54) is 18.2 Å². The van der Waals surface area contributed by atoms with Gasteiger partial charge in [-0.25, -0.2) is 0 Å². The van der Waals surface area contributed by atoms with Crippen LogP contribution in [-0.4, -0.2) is 37.0 Å². The third-order valence-corrected chi connectivity index (χ3v) is 4.12. The molecule has 0 atom stereocenters. The van der Waals surface area contributed by atoms with E-state index in [-0.39, 0.29) is 18.3 Å². The van der Waals surface area contributed by atoms with Crippen molar-refractivity contribution in [2.45, 2.75) is 52.9 Å². The Hall–Kier alpha value is -1.84. The summed E-state index contributed by atoms with van der Waals surface area (Å²) in [6.45, 7) is 7.50.